The Hall–Kier alpha value is -3.19. The standard InChI is InChI=1S/C22H24N2O5/c1-3-28-20(22(26)27)14-16-8-10-17(11-9-16)29-13-12-24-15(2)23-19-7-5-4-6-18(19)21(24)25/h4-11,20H,3,12-14H2,1-2H3,(H,26,27). The highest BCUT2D eigenvalue weighted by atomic mass is 16.5. The Balaban J connectivity index is 1.62. The number of carbonyl (C=O) groups is 1. The molecule has 0 fully saturated rings. The quantitative estimate of drug-likeness (QED) is 0.598. The van der Waals surface area contributed by atoms with E-state index < -0.39 is 12.1 Å². The summed E-state index contributed by atoms with van der Waals surface area (Å²) in [6.45, 7) is 4.62. The topological polar surface area (TPSA) is 90.7 Å². The van der Waals surface area contributed by atoms with Gasteiger partial charge >= 0.3 is 5.97 Å². The molecule has 7 nitrogen and oxygen atoms in total. The fourth-order valence-electron chi connectivity index (χ4n) is 3.15. The van der Waals surface area contributed by atoms with Gasteiger partial charge in [-0.05, 0) is 43.7 Å². The first-order chi connectivity index (χ1) is 14.0. The summed E-state index contributed by atoms with van der Waals surface area (Å²) in [6.07, 6.45) is -0.567. The lowest BCUT2D eigenvalue weighted by molar-refractivity contribution is -0.149. The third-order valence-electron chi connectivity index (χ3n) is 4.62. The summed E-state index contributed by atoms with van der Waals surface area (Å²) < 4.78 is 12.6. The Morgan fingerprint density at radius 2 is 1.90 bits per heavy atom. The van der Waals surface area contributed by atoms with Crippen molar-refractivity contribution in [1.29, 1.82) is 0 Å². The van der Waals surface area contributed by atoms with Gasteiger partial charge in [0.25, 0.3) is 5.56 Å². The molecule has 29 heavy (non-hydrogen) atoms. The van der Waals surface area contributed by atoms with Gasteiger partial charge in [0.05, 0.1) is 17.4 Å². The Morgan fingerprint density at radius 1 is 1.17 bits per heavy atom. The van der Waals surface area contributed by atoms with E-state index in [9.17, 15) is 14.7 Å². The van der Waals surface area contributed by atoms with Gasteiger partial charge in [-0.15, -0.1) is 0 Å². The first-order valence-electron chi connectivity index (χ1n) is 9.52. The Labute approximate surface area is 168 Å². The van der Waals surface area contributed by atoms with Gasteiger partial charge in [-0.25, -0.2) is 9.78 Å². The summed E-state index contributed by atoms with van der Waals surface area (Å²) in [5.41, 5.74) is 1.46. The Morgan fingerprint density at radius 3 is 2.59 bits per heavy atom. The minimum Gasteiger partial charge on any atom is -0.492 e. The maximum atomic E-state index is 12.7. The number of fused-ring (bicyclic) bond motifs is 1. The van der Waals surface area contributed by atoms with E-state index in [2.05, 4.69) is 4.98 Å². The fraction of sp³-hybridized carbons (Fsp3) is 0.318. The molecule has 2 aromatic carbocycles. The maximum absolute atomic E-state index is 12.7. The zero-order valence-electron chi connectivity index (χ0n) is 16.5. The number of aryl methyl sites for hydroxylation is 1. The lowest BCUT2D eigenvalue weighted by Crippen LogP contribution is -2.26. The van der Waals surface area contributed by atoms with Crippen LogP contribution >= 0.6 is 0 Å². The third-order valence-corrected chi connectivity index (χ3v) is 4.62. The monoisotopic (exact) mass is 396 g/mol. The summed E-state index contributed by atoms with van der Waals surface area (Å²) in [7, 11) is 0. The lowest BCUT2D eigenvalue weighted by atomic mass is 10.1. The minimum atomic E-state index is -0.975. The van der Waals surface area contributed by atoms with Crippen LogP contribution in [0.25, 0.3) is 10.9 Å². The number of para-hydroxylation sites is 1. The van der Waals surface area contributed by atoms with Gasteiger partial charge < -0.3 is 14.6 Å². The van der Waals surface area contributed by atoms with Crippen LogP contribution in [0.3, 0.4) is 0 Å². The Kier molecular flexibility index (Phi) is 6.61. The van der Waals surface area contributed by atoms with Crippen LogP contribution in [0.4, 0.5) is 0 Å². The molecule has 1 aromatic heterocycles. The van der Waals surface area contributed by atoms with Crippen molar-refractivity contribution < 1.29 is 19.4 Å². The molecule has 0 radical (unpaired) electrons. The van der Waals surface area contributed by atoms with Crippen LogP contribution in [-0.2, 0) is 22.5 Å². The van der Waals surface area contributed by atoms with Crippen molar-refractivity contribution in [2.24, 2.45) is 0 Å². The van der Waals surface area contributed by atoms with Crippen molar-refractivity contribution in [3.05, 3.63) is 70.3 Å². The Bertz CT molecular complexity index is 1040. The zero-order valence-corrected chi connectivity index (χ0v) is 16.5. The highest BCUT2D eigenvalue weighted by molar-refractivity contribution is 5.77. The maximum Gasteiger partial charge on any atom is 0.333 e. The van der Waals surface area contributed by atoms with Gasteiger partial charge in [-0.3, -0.25) is 9.36 Å². The number of rotatable bonds is 9. The second kappa shape index (κ2) is 9.34. The van der Waals surface area contributed by atoms with Gasteiger partial charge in [0.15, 0.2) is 6.10 Å². The fourth-order valence-corrected chi connectivity index (χ4v) is 3.15. The smallest absolute Gasteiger partial charge is 0.333 e. The number of hydrogen-bond acceptors (Lipinski definition) is 5. The van der Waals surface area contributed by atoms with Gasteiger partial charge in [0.2, 0.25) is 0 Å². The lowest BCUT2D eigenvalue weighted by Gasteiger charge is -2.13. The van der Waals surface area contributed by atoms with E-state index in [1.807, 2.05) is 30.3 Å². The second-order valence-electron chi connectivity index (χ2n) is 6.61. The van der Waals surface area contributed by atoms with Crippen molar-refractivity contribution >= 4 is 16.9 Å². The normalized spacial score (nSPS) is 12.1. The number of benzene rings is 2. The van der Waals surface area contributed by atoms with Gasteiger partial charge in [0, 0.05) is 13.0 Å². The summed E-state index contributed by atoms with van der Waals surface area (Å²) in [4.78, 5) is 28.3. The molecule has 0 saturated heterocycles. The first kappa shape index (κ1) is 20.5. The van der Waals surface area contributed by atoms with E-state index in [1.165, 1.54) is 0 Å². The van der Waals surface area contributed by atoms with Crippen LogP contribution in [0.2, 0.25) is 0 Å². The number of carboxylic acid groups (broad SMARTS) is 1. The number of hydrogen-bond donors (Lipinski definition) is 1. The predicted octanol–water partition coefficient (Wildman–Crippen LogP) is 2.82. The average Bonchev–Trinajstić information content (AvgIpc) is 2.71. The number of nitrogens with zero attached hydrogens (tertiary/aromatic N) is 2. The van der Waals surface area contributed by atoms with Gasteiger partial charge in [0.1, 0.15) is 18.2 Å². The van der Waals surface area contributed by atoms with Crippen molar-refractivity contribution in [3.8, 4) is 5.75 Å². The highest BCUT2D eigenvalue weighted by Crippen LogP contribution is 2.15. The van der Waals surface area contributed by atoms with Crippen molar-refractivity contribution in [2.75, 3.05) is 13.2 Å². The summed E-state index contributed by atoms with van der Waals surface area (Å²) >= 11 is 0. The summed E-state index contributed by atoms with van der Waals surface area (Å²) in [5, 5.41) is 9.76. The predicted molar refractivity (Wildman–Crippen MR) is 109 cm³/mol. The molecule has 3 aromatic rings. The average molecular weight is 396 g/mol. The van der Waals surface area contributed by atoms with Crippen molar-refractivity contribution in [1.82, 2.24) is 9.55 Å². The molecule has 0 aliphatic rings. The van der Waals surface area contributed by atoms with E-state index in [1.54, 1.807) is 36.6 Å². The highest BCUT2D eigenvalue weighted by Gasteiger charge is 2.17. The number of ether oxygens (including phenoxy) is 2. The van der Waals surface area contributed by atoms with Crippen LogP contribution in [0, 0.1) is 6.92 Å². The molecule has 1 heterocycles. The molecule has 0 spiro atoms. The molecule has 0 bridgehead atoms. The first-order valence-corrected chi connectivity index (χ1v) is 9.52. The van der Waals surface area contributed by atoms with Gasteiger partial charge in [-0.1, -0.05) is 24.3 Å². The summed E-state index contributed by atoms with van der Waals surface area (Å²) in [6, 6.07) is 14.5. The molecular weight excluding hydrogens is 372 g/mol. The summed E-state index contributed by atoms with van der Waals surface area (Å²) in [5.74, 6) is 0.316. The molecule has 3 rings (SSSR count). The molecule has 1 N–H and O–H groups in total. The van der Waals surface area contributed by atoms with Crippen molar-refractivity contribution in [2.45, 2.75) is 32.9 Å². The molecule has 7 heteroatoms. The molecule has 0 amide bonds. The number of carboxylic acids is 1. The van der Waals surface area contributed by atoms with E-state index in [4.69, 9.17) is 9.47 Å². The SMILES string of the molecule is CCOC(Cc1ccc(OCCn2c(C)nc3ccccc3c2=O)cc1)C(=O)O. The molecule has 0 aliphatic carbocycles. The van der Waals surface area contributed by atoms with E-state index >= 15 is 0 Å². The van der Waals surface area contributed by atoms with E-state index in [0.717, 1.165) is 5.56 Å². The van der Waals surface area contributed by atoms with Crippen LogP contribution in [0.1, 0.15) is 18.3 Å². The second-order valence-corrected chi connectivity index (χ2v) is 6.61. The minimum absolute atomic E-state index is 0.0808. The van der Waals surface area contributed by atoms with Crippen LogP contribution in [0.5, 0.6) is 5.75 Å². The van der Waals surface area contributed by atoms with Crippen LogP contribution in [0.15, 0.2) is 53.3 Å². The van der Waals surface area contributed by atoms with Gasteiger partial charge in [-0.2, -0.15) is 0 Å². The van der Waals surface area contributed by atoms with Crippen LogP contribution in [-0.4, -0.2) is 39.9 Å². The van der Waals surface area contributed by atoms with E-state index in [-0.39, 0.29) is 5.56 Å². The molecule has 1 unspecified atom stereocenters. The van der Waals surface area contributed by atoms with Crippen LogP contribution < -0.4 is 10.3 Å². The van der Waals surface area contributed by atoms with Crippen molar-refractivity contribution in [3.63, 3.8) is 0 Å². The molecule has 152 valence electrons. The zero-order chi connectivity index (χ0) is 20.8. The molecule has 1 atom stereocenters. The number of aliphatic carboxylic acids is 1. The van der Waals surface area contributed by atoms with E-state index in [0.29, 0.717) is 48.7 Å². The molecule has 0 aliphatic heterocycles. The molecular formula is C22H24N2O5. The third kappa shape index (κ3) is 5.00. The largest absolute Gasteiger partial charge is 0.492 e. The number of aromatic nitrogens is 2. The molecule has 0 saturated carbocycles.